The molecule has 2 rings (SSSR count). The van der Waals surface area contributed by atoms with Crippen molar-refractivity contribution < 1.29 is 19.1 Å². The van der Waals surface area contributed by atoms with Gasteiger partial charge in [-0.25, -0.2) is 4.79 Å². The van der Waals surface area contributed by atoms with Crippen LogP contribution in [0.4, 0.5) is 0 Å². The summed E-state index contributed by atoms with van der Waals surface area (Å²) in [5.74, 6) is 0.246. The number of hydrogen-bond donors (Lipinski definition) is 1. The summed E-state index contributed by atoms with van der Waals surface area (Å²) in [7, 11) is 0. The molecule has 0 fully saturated rings. The van der Waals surface area contributed by atoms with Crippen LogP contribution in [0.5, 0.6) is 5.75 Å². The smallest absolute Gasteiger partial charge is 0.338 e. The Kier molecular flexibility index (Phi) is 7.21. The van der Waals surface area contributed by atoms with E-state index in [0.717, 1.165) is 5.56 Å². The molecule has 26 heavy (non-hydrogen) atoms. The summed E-state index contributed by atoms with van der Waals surface area (Å²) in [4.78, 5) is 24.0. The zero-order valence-electron chi connectivity index (χ0n) is 15.4. The fraction of sp³-hybridized carbons (Fsp3) is 0.333. The lowest BCUT2D eigenvalue weighted by molar-refractivity contribution is -0.124. The maximum Gasteiger partial charge on any atom is 0.338 e. The van der Waals surface area contributed by atoms with Gasteiger partial charge in [0.25, 0.3) is 5.91 Å². The van der Waals surface area contributed by atoms with Crippen molar-refractivity contribution in [1.29, 1.82) is 0 Å². The summed E-state index contributed by atoms with van der Waals surface area (Å²) in [6.07, 6.45) is 0. The van der Waals surface area contributed by atoms with Gasteiger partial charge in [-0.2, -0.15) is 0 Å². The molecule has 1 atom stereocenters. The topological polar surface area (TPSA) is 64.6 Å². The Morgan fingerprint density at radius 1 is 0.962 bits per heavy atom. The maximum absolute atomic E-state index is 12.0. The van der Waals surface area contributed by atoms with Crippen molar-refractivity contribution in [3.8, 4) is 5.75 Å². The van der Waals surface area contributed by atoms with Crippen molar-refractivity contribution in [1.82, 2.24) is 5.32 Å². The predicted octanol–water partition coefficient (Wildman–Crippen LogP) is 3.76. The summed E-state index contributed by atoms with van der Waals surface area (Å²) in [6, 6.07) is 16.1. The number of carbonyl (C=O) groups excluding carboxylic acids is 2. The van der Waals surface area contributed by atoms with Gasteiger partial charge in [-0.1, -0.05) is 44.2 Å². The molecular formula is C21H25NO4. The van der Waals surface area contributed by atoms with Crippen LogP contribution in [0.1, 0.15) is 42.7 Å². The molecule has 0 bridgehead atoms. The predicted molar refractivity (Wildman–Crippen MR) is 100 cm³/mol. The molecule has 0 radical (unpaired) electrons. The van der Waals surface area contributed by atoms with Crippen LogP contribution in [-0.4, -0.2) is 25.1 Å². The molecule has 5 heteroatoms. The van der Waals surface area contributed by atoms with E-state index >= 15 is 0 Å². The van der Waals surface area contributed by atoms with Gasteiger partial charge in [-0.05, 0) is 42.7 Å². The summed E-state index contributed by atoms with van der Waals surface area (Å²) >= 11 is 0. The highest BCUT2D eigenvalue weighted by atomic mass is 16.5. The van der Waals surface area contributed by atoms with E-state index in [4.69, 9.17) is 9.47 Å². The Hall–Kier alpha value is -2.82. The SMILES string of the molecule is CC(C)COc1ccc(C(=O)OCC(=O)NC(C)c2ccccc2)cc1. The van der Waals surface area contributed by atoms with Crippen LogP contribution in [0.25, 0.3) is 0 Å². The molecule has 0 heterocycles. The standard InChI is InChI=1S/C21H25NO4/c1-15(2)13-25-19-11-9-18(10-12-19)21(24)26-14-20(23)22-16(3)17-7-5-4-6-8-17/h4-12,15-16H,13-14H2,1-3H3,(H,22,23). The molecule has 0 saturated heterocycles. The van der Waals surface area contributed by atoms with E-state index in [2.05, 4.69) is 19.2 Å². The second kappa shape index (κ2) is 9.61. The molecule has 0 aliphatic carbocycles. The molecule has 0 aliphatic heterocycles. The van der Waals surface area contributed by atoms with Gasteiger partial charge in [-0.15, -0.1) is 0 Å². The summed E-state index contributed by atoms with van der Waals surface area (Å²) in [5, 5.41) is 2.80. The molecular weight excluding hydrogens is 330 g/mol. The van der Waals surface area contributed by atoms with Crippen LogP contribution in [0.2, 0.25) is 0 Å². The van der Waals surface area contributed by atoms with Crippen LogP contribution in [0.15, 0.2) is 54.6 Å². The molecule has 2 aromatic rings. The van der Waals surface area contributed by atoms with E-state index in [1.54, 1.807) is 24.3 Å². The third-order valence-electron chi connectivity index (χ3n) is 3.68. The Morgan fingerprint density at radius 2 is 1.62 bits per heavy atom. The van der Waals surface area contributed by atoms with Crippen LogP contribution in [0.3, 0.4) is 0 Å². The minimum atomic E-state index is -0.539. The van der Waals surface area contributed by atoms with Gasteiger partial charge in [0.15, 0.2) is 6.61 Å². The number of esters is 1. The third-order valence-corrected chi connectivity index (χ3v) is 3.68. The average molecular weight is 355 g/mol. The van der Waals surface area contributed by atoms with Crippen LogP contribution >= 0.6 is 0 Å². The highest BCUT2D eigenvalue weighted by Gasteiger charge is 2.13. The Morgan fingerprint density at radius 3 is 2.23 bits per heavy atom. The molecule has 1 unspecified atom stereocenters. The Balaban J connectivity index is 1.79. The first kappa shape index (κ1) is 19.5. The van der Waals surface area contributed by atoms with E-state index in [9.17, 15) is 9.59 Å². The summed E-state index contributed by atoms with van der Waals surface area (Å²) < 4.78 is 10.6. The first-order valence-electron chi connectivity index (χ1n) is 8.70. The van der Waals surface area contributed by atoms with Gasteiger partial charge < -0.3 is 14.8 Å². The molecule has 0 aromatic heterocycles. The van der Waals surface area contributed by atoms with Crippen molar-refractivity contribution in [2.45, 2.75) is 26.8 Å². The summed E-state index contributed by atoms with van der Waals surface area (Å²) in [6.45, 7) is 6.31. The lowest BCUT2D eigenvalue weighted by atomic mass is 10.1. The number of nitrogens with one attached hydrogen (secondary N) is 1. The van der Waals surface area contributed by atoms with E-state index in [-0.39, 0.29) is 18.6 Å². The zero-order valence-corrected chi connectivity index (χ0v) is 15.4. The van der Waals surface area contributed by atoms with Gasteiger partial charge in [0, 0.05) is 0 Å². The molecule has 138 valence electrons. The van der Waals surface area contributed by atoms with E-state index in [1.807, 2.05) is 37.3 Å². The van der Waals surface area contributed by atoms with Gasteiger partial charge in [0.05, 0.1) is 18.2 Å². The molecule has 0 aliphatic rings. The second-order valence-corrected chi connectivity index (χ2v) is 6.51. The minimum Gasteiger partial charge on any atom is -0.493 e. The minimum absolute atomic E-state index is 0.153. The highest BCUT2D eigenvalue weighted by Crippen LogP contribution is 2.14. The van der Waals surface area contributed by atoms with Crippen molar-refractivity contribution in [3.05, 3.63) is 65.7 Å². The monoisotopic (exact) mass is 355 g/mol. The first-order valence-corrected chi connectivity index (χ1v) is 8.70. The number of carbonyl (C=O) groups is 2. The van der Waals surface area contributed by atoms with Crippen molar-refractivity contribution in [2.75, 3.05) is 13.2 Å². The number of ether oxygens (including phenoxy) is 2. The quantitative estimate of drug-likeness (QED) is 0.733. The first-order chi connectivity index (χ1) is 12.5. The van der Waals surface area contributed by atoms with E-state index in [1.165, 1.54) is 0 Å². The number of rotatable bonds is 8. The molecule has 0 spiro atoms. The second-order valence-electron chi connectivity index (χ2n) is 6.51. The van der Waals surface area contributed by atoms with Crippen molar-refractivity contribution >= 4 is 11.9 Å². The lowest BCUT2D eigenvalue weighted by Crippen LogP contribution is -2.31. The van der Waals surface area contributed by atoms with Gasteiger partial charge in [0.2, 0.25) is 0 Å². The molecule has 2 aromatic carbocycles. The van der Waals surface area contributed by atoms with Gasteiger partial charge in [-0.3, -0.25) is 4.79 Å². The van der Waals surface area contributed by atoms with Crippen LogP contribution in [-0.2, 0) is 9.53 Å². The summed E-state index contributed by atoms with van der Waals surface area (Å²) in [5.41, 5.74) is 1.37. The van der Waals surface area contributed by atoms with Crippen LogP contribution < -0.4 is 10.1 Å². The molecule has 1 N–H and O–H groups in total. The Bertz CT molecular complexity index is 711. The van der Waals surface area contributed by atoms with Crippen molar-refractivity contribution in [2.24, 2.45) is 5.92 Å². The van der Waals surface area contributed by atoms with E-state index < -0.39 is 5.97 Å². The number of benzene rings is 2. The lowest BCUT2D eigenvalue weighted by Gasteiger charge is -2.14. The normalized spacial score (nSPS) is 11.7. The maximum atomic E-state index is 12.0. The third kappa shape index (κ3) is 6.24. The fourth-order valence-electron chi connectivity index (χ4n) is 2.27. The number of amides is 1. The van der Waals surface area contributed by atoms with Crippen LogP contribution in [0, 0.1) is 5.92 Å². The fourth-order valence-corrected chi connectivity index (χ4v) is 2.27. The largest absolute Gasteiger partial charge is 0.493 e. The Labute approximate surface area is 154 Å². The molecule has 1 amide bonds. The van der Waals surface area contributed by atoms with Gasteiger partial charge in [0.1, 0.15) is 5.75 Å². The molecule has 5 nitrogen and oxygen atoms in total. The zero-order chi connectivity index (χ0) is 18.9. The molecule has 0 saturated carbocycles. The van der Waals surface area contributed by atoms with Crippen molar-refractivity contribution in [3.63, 3.8) is 0 Å². The number of hydrogen-bond acceptors (Lipinski definition) is 4. The average Bonchev–Trinajstić information content (AvgIpc) is 2.65. The van der Waals surface area contributed by atoms with Gasteiger partial charge >= 0.3 is 5.97 Å². The van der Waals surface area contributed by atoms with E-state index in [0.29, 0.717) is 23.8 Å². The highest BCUT2D eigenvalue weighted by molar-refractivity contribution is 5.91.